The Kier molecular flexibility index (Phi) is 2.80. The minimum absolute atomic E-state index is 0.527. The van der Waals surface area contributed by atoms with Gasteiger partial charge in [0.25, 0.3) is 0 Å². The Labute approximate surface area is 90.5 Å². The molecule has 1 N–H and O–H groups in total. The number of rotatable bonds is 4. The molecule has 0 unspecified atom stereocenters. The summed E-state index contributed by atoms with van der Waals surface area (Å²) in [5, 5.41) is 4.12. The van der Waals surface area contributed by atoms with Crippen LogP contribution in [0.1, 0.15) is 18.4 Å². The minimum atomic E-state index is 0.527. The SMILES string of the molecule is CNCC1(Cc2cccc(Cl)c2)CC1. The van der Waals surface area contributed by atoms with Gasteiger partial charge in [0.1, 0.15) is 0 Å². The Balaban J connectivity index is 2.03. The van der Waals surface area contributed by atoms with Crippen molar-refractivity contribution < 1.29 is 0 Å². The van der Waals surface area contributed by atoms with Crippen LogP contribution in [0.3, 0.4) is 0 Å². The zero-order chi connectivity index (χ0) is 10.0. The van der Waals surface area contributed by atoms with Gasteiger partial charge in [-0.25, -0.2) is 0 Å². The Bertz CT molecular complexity index is 318. The van der Waals surface area contributed by atoms with Gasteiger partial charge in [0.15, 0.2) is 0 Å². The summed E-state index contributed by atoms with van der Waals surface area (Å²) in [6, 6.07) is 8.22. The van der Waals surface area contributed by atoms with E-state index >= 15 is 0 Å². The van der Waals surface area contributed by atoms with Gasteiger partial charge in [-0.15, -0.1) is 0 Å². The summed E-state index contributed by atoms with van der Waals surface area (Å²) in [4.78, 5) is 0. The first kappa shape index (κ1) is 10.0. The maximum Gasteiger partial charge on any atom is 0.0408 e. The fourth-order valence-electron chi connectivity index (χ4n) is 2.05. The first-order chi connectivity index (χ1) is 6.74. The average molecular weight is 210 g/mol. The van der Waals surface area contributed by atoms with Crippen LogP contribution in [-0.4, -0.2) is 13.6 Å². The van der Waals surface area contributed by atoms with Gasteiger partial charge in [0.2, 0.25) is 0 Å². The predicted octanol–water partition coefficient (Wildman–Crippen LogP) is 2.88. The Morgan fingerprint density at radius 1 is 1.43 bits per heavy atom. The highest BCUT2D eigenvalue weighted by atomic mass is 35.5. The van der Waals surface area contributed by atoms with Crippen LogP contribution in [0, 0.1) is 5.41 Å². The topological polar surface area (TPSA) is 12.0 Å². The molecule has 76 valence electrons. The van der Waals surface area contributed by atoms with Crippen molar-refractivity contribution >= 4 is 11.6 Å². The van der Waals surface area contributed by atoms with Crippen LogP contribution in [0.5, 0.6) is 0 Å². The van der Waals surface area contributed by atoms with Gasteiger partial charge in [0.05, 0.1) is 0 Å². The van der Waals surface area contributed by atoms with E-state index < -0.39 is 0 Å². The third-order valence-corrected chi connectivity index (χ3v) is 3.21. The van der Waals surface area contributed by atoms with E-state index in [9.17, 15) is 0 Å². The van der Waals surface area contributed by atoms with E-state index in [1.165, 1.54) is 18.4 Å². The lowest BCUT2D eigenvalue weighted by Crippen LogP contribution is -2.21. The molecule has 0 amide bonds. The van der Waals surface area contributed by atoms with Crippen LogP contribution in [0.2, 0.25) is 5.02 Å². The lowest BCUT2D eigenvalue weighted by molar-refractivity contribution is 0.478. The minimum Gasteiger partial charge on any atom is -0.319 e. The third-order valence-electron chi connectivity index (χ3n) is 2.98. The van der Waals surface area contributed by atoms with E-state index in [-0.39, 0.29) is 0 Å². The quantitative estimate of drug-likeness (QED) is 0.804. The molecule has 0 aromatic heterocycles. The number of nitrogens with one attached hydrogen (secondary N) is 1. The number of hydrogen-bond acceptors (Lipinski definition) is 1. The van der Waals surface area contributed by atoms with Crippen LogP contribution < -0.4 is 5.32 Å². The lowest BCUT2D eigenvalue weighted by Gasteiger charge is -2.14. The summed E-state index contributed by atoms with van der Waals surface area (Å²) in [6.45, 7) is 1.12. The first-order valence-corrected chi connectivity index (χ1v) is 5.51. The van der Waals surface area contributed by atoms with Crippen molar-refractivity contribution in [3.8, 4) is 0 Å². The molecule has 0 spiro atoms. The standard InChI is InChI=1S/C12H16ClN/c1-14-9-12(5-6-12)8-10-3-2-4-11(13)7-10/h2-4,7,14H,5-6,8-9H2,1H3. The summed E-state index contributed by atoms with van der Waals surface area (Å²) < 4.78 is 0. The molecular weight excluding hydrogens is 194 g/mol. The monoisotopic (exact) mass is 209 g/mol. The second kappa shape index (κ2) is 3.92. The molecule has 14 heavy (non-hydrogen) atoms. The zero-order valence-corrected chi connectivity index (χ0v) is 9.27. The van der Waals surface area contributed by atoms with Crippen LogP contribution in [0.15, 0.2) is 24.3 Å². The van der Waals surface area contributed by atoms with Gasteiger partial charge in [-0.1, -0.05) is 23.7 Å². The zero-order valence-electron chi connectivity index (χ0n) is 8.52. The highest BCUT2D eigenvalue weighted by Gasteiger charge is 2.41. The molecule has 1 nitrogen and oxygen atoms in total. The predicted molar refractivity (Wildman–Crippen MR) is 60.7 cm³/mol. The van der Waals surface area contributed by atoms with Gasteiger partial charge < -0.3 is 5.32 Å². The van der Waals surface area contributed by atoms with Crippen molar-refractivity contribution in [2.24, 2.45) is 5.41 Å². The number of halogens is 1. The van der Waals surface area contributed by atoms with E-state index in [1.807, 2.05) is 19.2 Å². The van der Waals surface area contributed by atoms with E-state index in [0.717, 1.165) is 18.0 Å². The summed E-state index contributed by atoms with van der Waals surface area (Å²) >= 11 is 5.96. The smallest absolute Gasteiger partial charge is 0.0408 e. The number of benzene rings is 1. The largest absolute Gasteiger partial charge is 0.319 e. The summed E-state index contributed by atoms with van der Waals surface area (Å²) in [7, 11) is 2.03. The lowest BCUT2D eigenvalue weighted by atomic mass is 9.96. The van der Waals surface area contributed by atoms with Crippen LogP contribution in [0.25, 0.3) is 0 Å². The Morgan fingerprint density at radius 2 is 2.21 bits per heavy atom. The Hall–Kier alpha value is -0.530. The van der Waals surface area contributed by atoms with E-state index in [2.05, 4.69) is 17.4 Å². The average Bonchev–Trinajstić information content (AvgIpc) is 2.85. The molecule has 1 aliphatic rings. The van der Waals surface area contributed by atoms with Gasteiger partial charge in [-0.05, 0) is 49.4 Å². The summed E-state index contributed by atoms with van der Waals surface area (Å²) in [6.07, 6.45) is 3.86. The normalized spacial score (nSPS) is 18.1. The fourth-order valence-corrected chi connectivity index (χ4v) is 2.26. The van der Waals surface area contributed by atoms with Crippen molar-refractivity contribution in [2.45, 2.75) is 19.3 Å². The molecule has 1 saturated carbocycles. The molecule has 0 saturated heterocycles. The fraction of sp³-hybridized carbons (Fsp3) is 0.500. The number of hydrogen-bond donors (Lipinski definition) is 1. The van der Waals surface area contributed by atoms with E-state index in [1.54, 1.807) is 0 Å². The van der Waals surface area contributed by atoms with Gasteiger partial charge in [-0.3, -0.25) is 0 Å². The van der Waals surface area contributed by atoms with Crippen molar-refractivity contribution in [2.75, 3.05) is 13.6 Å². The van der Waals surface area contributed by atoms with Gasteiger partial charge in [-0.2, -0.15) is 0 Å². The first-order valence-electron chi connectivity index (χ1n) is 5.13. The molecule has 1 aromatic rings. The maximum absolute atomic E-state index is 5.96. The molecule has 0 radical (unpaired) electrons. The molecule has 0 aliphatic heterocycles. The van der Waals surface area contributed by atoms with E-state index in [4.69, 9.17) is 11.6 Å². The summed E-state index contributed by atoms with van der Waals surface area (Å²) in [5.74, 6) is 0. The maximum atomic E-state index is 5.96. The molecule has 0 heterocycles. The van der Waals surface area contributed by atoms with Crippen LogP contribution >= 0.6 is 11.6 Å². The van der Waals surface area contributed by atoms with Gasteiger partial charge >= 0.3 is 0 Å². The highest BCUT2D eigenvalue weighted by molar-refractivity contribution is 6.30. The molecule has 2 rings (SSSR count). The van der Waals surface area contributed by atoms with Crippen LogP contribution in [-0.2, 0) is 6.42 Å². The molecule has 1 aliphatic carbocycles. The molecular formula is C12H16ClN. The van der Waals surface area contributed by atoms with Crippen molar-refractivity contribution in [3.05, 3.63) is 34.9 Å². The van der Waals surface area contributed by atoms with Crippen LogP contribution in [0.4, 0.5) is 0 Å². The highest BCUT2D eigenvalue weighted by Crippen LogP contribution is 2.47. The Morgan fingerprint density at radius 3 is 2.79 bits per heavy atom. The van der Waals surface area contributed by atoms with Crippen molar-refractivity contribution in [1.29, 1.82) is 0 Å². The molecule has 1 aromatic carbocycles. The second-order valence-electron chi connectivity index (χ2n) is 4.34. The van der Waals surface area contributed by atoms with Crippen molar-refractivity contribution in [1.82, 2.24) is 5.32 Å². The third kappa shape index (κ3) is 2.28. The van der Waals surface area contributed by atoms with Gasteiger partial charge in [0, 0.05) is 11.6 Å². The molecule has 1 fully saturated rings. The molecule has 0 atom stereocenters. The second-order valence-corrected chi connectivity index (χ2v) is 4.77. The van der Waals surface area contributed by atoms with E-state index in [0.29, 0.717) is 5.41 Å². The van der Waals surface area contributed by atoms with Crippen molar-refractivity contribution in [3.63, 3.8) is 0 Å². The summed E-state index contributed by atoms with van der Waals surface area (Å²) in [5.41, 5.74) is 1.89. The molecule has 0 bridgehead atoms. The molecule has 2 heteroatoms.